The number of amides is 2. The molecule has 0 aromatic heterocycles. The predicted molar refractivity (Wildman–Crippen MR) is 62.9 cm³/mol. The van der Waals surface area contributed by atoms with E-state index in [0.29, 0.717) is 0 Å². The van der Waals surface area contributed by atoms with Gasteiger partial charge < -0.3 is 0 Å². The molecule has 0 radical (unpaired) electrons. The van der Waals surface area contributed by atoms with Crippen LogP contribution in [-0.4, -0.2) is 17.8 Å². The average molecular weight is 223 g/mol. The molecule has 16 heavy (non-hydrogen) atoms. The van der Waals surface area contributed by atoms with Gasteiger partial charge in [0.1, 0.15) is 0 Å². The zero-order valence-corrected chi connectivity index (χ0v) is 9.97. The Morgan fingerprint density at radius 3 is 1.44 bits per heavy atom. The summed E-state index contributed by atoms with van der Waals surface area (Å²) in [6.45, 7) is 7.08. The van der Waals surface area contributed by atoms with Crippen LogP contribution in [0.5, 0.6) is 0 Å². The Kier molecular flexibility index (Phi) is 5.77. The fraction of sp³-hybridized carbons (Fsp3) is 0.364. The van der Waals surface area contributed by atoms with E-state index in [0.717, 1.165) is 11.1 Å². The summed E-state index contributed by atoms with van der Waals surface area (Å²) < 4.78 is 0. The highest BCUT2D eigenvalue weighted by Gasteiger charge is 2.04. The number of hydrogen-bond acceptors (Lipinski definition) is 3. The van der Waals surface area contributed by atoms with E-state index in [1.807, 2.05) is 0 Å². The normalized spacial score (nSPS) is 8.75. The monoisotopic (exact) mass is 223 g/mol. The maximum Gasteiger partial charge on any atom is 0.250 e. The minimum absolute atomic E-state index is 0.329. The van der Waals surface area contributed by atoms with Crippen molar-refractivity contribution in [2.45, 2.75) is 27.7 Å². The van der Waals surface area contributed by atoms with E-state index in [-0.39, 0.29) is 5.96 Å². The van der Waals surface area contributed by atoms with Gasteiger partial charge in [0, 0.05) is 12.2 Å². The largest absolute Gasteiger partial charge is 0.293 e. The van der Waals surface area contributed by atoms with Crippen LogP contribution in [0, 0.1) is 5.41 Å². The lowest BCUT2D eigenvalue weighted by molar-refractivity contribution is -0.115. The molecule has 5 nitrogen and oxygen atoms in total. The fourth-order valence-corrected chi connectivity index (χ4v) is 0.874. The van der Waals surface area contributed by atoms with Gasteiger partial charge in [0.25, 0.3) is 11.8 Å². The number of allylic oxidation sites excluding steroid dienone is 2. The second-order valence-corrected chi connectivity index (χ2v) is 3.80. The van der Waals surface area contributed by atoms with Crippen molar-refractivity contribution in [2.24, 2.45) is 0 Å². The minimum Gasteiger partial charge on any atom is -0.293 e. The van der Waals surface area contributed by atoms with Crippen LogP contribution >= 0.6 is 0 Å². The van der Waals surface area contributed by atoms with Crippen molar-refractivity contribution < 1.29 is 9.59 Å². The van der Waals surface area contributed by atoms with E-state index in [1.54, 1.807) is 27.7 Å². The molecule has 88 valence electrons. The van der Waals surface area contributed by atoms with Crippen molar-refractivity contribution in [2.75, 3.05) is 0 Å². The van der Waals surface area contributed by atoms with Gasteiger partial charge in [0.2, 0.25) is 5.96 Å². The SMILES string of the molecule is CC(C)=CC(=O)NC(=N)NC(=O)C=C(C)C. The molecule has 0 aliphatic heterocycles. The maximum atomic E-state index is 11.2. The van der Waals surface area contributed by atoms with Crippen molar-refractivity contribution in [1.29, 1.82) is 5.41 Å². The van der Waals surface area contributed by atoms with E-state index in [4.69, 9.17) is 5.41 Å². The lowest BCUT2D eigenvalue weighted by Crippen LogP contribution is -2.42. The molecule has 0 spiro atoms. The average Bonchev–Trinajstić information content (AvgIpc) is 1.97. The standard InChI is InChI=1S/C11H17N3O2/c1-7(2)5-9(15)13-11(12)14-10(16)6-8(3)4/h5-6H,1-4H3,(H3,12,13,14,15,16). The lowest BCUT2D eigenvalue weighted by Gasteiger charge is -2.04. The third-order valence-corrected chi connectivity index (χ3v) is 1.34. The summed E-state index contributed by atoms with van der Waals surface area (Å²) >= 11 is 0. The van der Waals surface area contributed by atoms with Gasteiger partial charge in [-0.2, -0.15) is 0 Å². The summed E-state index contributed by atoms with van der Waals surface area (Å²) in [5, 5.41) is 11.8. The third-order valence-electron chi connectivity index (χ3n) is 1.34. The van der Waals surface area contributed by atoms with Crippen LogP contribution < -0.4 is 10.6 Å². The van der Waals surface area contributed by atoms with Crippen LogP contribution in [0.1, 0.15) is 27.7 Å². The zero-order chi connectivity index (χ0) is 12.7. The molecule has 0 aromatic carbocycles. The number of carbonyl (C=O) groups excluding carboxylic acids is 2. The topological polar surface area (TPSA) is 82.1 Å². The minimum atomic E-state index is -0.428. The van der Waals surface area contributed by atoms with E-state index < -0.39 is 11.8 Å². The van der Waals surface area contributed by atoms with E-state index in [9.17, 15) is 9.59 Å². The molecule has 0 saturated carbocycles. The molecule has 0 rings (SSSR count). The quantitative estimate of drug-likeness (QED) is 0.372. The van der Waals surface area contributed by atoms with Gasteiger partial charge in [0.15, 0.2) is 0 Å². The van der Waals surface area contributed by atoms with Gasteiger partial charge in [-0.25, -0.2) is 0 Å². The van der Waals surface area contributed by atoms with E-state index in [2.05, 4.69) is 10.6 Å². The Morgan fingerprint density at radius 1 is 0.875 bits per heavy atom. The van der Waals surface area contributed by atoms with E-state index >= 15 is 0 Å². The first kappa shape index (κ1) is 14.1. The van der Waals surface area contributed by atoms with Gasteiger partial charge in [-0.3, -0.25) is 25.6 Å². The highest BCUT2D eigenvalue weighted by atomic mass is 16.2. The molecule has 0 aromatic rings. The Balaban J connectivity index is 4.20. The van der Waals surface area contributed by atoms with E-state index in [1.165, 1.54) is 12.2 Å². The Labute approximate surface area is 95.1 Å². The first-order valence-electron chi connectivity index (χ1n) is 4.81. The first-order valence-corrected chi connectivity index (χ1v) is 4.81. The van der Waals surface area contributed by atoms with Crippen LogP contribution in [0.3, 0.4) is 0 Å². The number of carbonyl (C=O) groups is 2. The summed E-state index contributed by atoms with van der Waals surface area (Å²) in [5.74, 6) is -1.19. The molecular weight excluding hydrogens is 206 g/mol. The van der Waals surface area contributed by atoms with Crippen molar-refractivity contribution in [3.63, 3.8) is 0 Å². The third kappa shape index (κ3) is 7.49. The molecule has 0 atom stereocenters. The summed E-state index contributed by atoms with van der Waals surface area (Å²) in [6.07, 6.45) is 2.70. The number of hydrogen-bond donors (Lipinski definition) is 3. The molecule has 2 amide bonds. The van der Waals surface area contributed by atoms with Crippen molar-refractivity contribution in [3.05, 3.63) is 23.3 Å². The molecule has 0 fully saturated rings. The van der Waals surface area contributed by atoms with Gasteiger partial charge in [-0.1, -0.05) is 11.1 Å². The van der Waals surface area contributed by atoms with Gasteiger partial charge in [-0.05, 0) is 27.7 Å². The second kappa shape index (κ2) is 6.55. The Bertz CT molecular complexity index is 325. The van der Waals surface area contributed by atoms with Crippen LogP contribution in [0.4, 0.5) is 0 Å². The van der Waals surface area contributed by atoms with Crippen LogP contribution in [-0.2, 0) is 9.59 Å². The summed E-state index contributed by atoms with van der Waals surface area (Å²) in [7, 11) is 0. The number of nitrogens with one attached hydrogen (secondary N) is 3. The Hall–Kier alpha value is -1.91. The van der Waals surface area contributed by atoms with Gasteiger partial charge >= 0.3 is 0 Å². The molecule has 0 bridgehead atoms. The molecule has 0 unspecified atom stereocenters. The molecule has 5 heteroatoms. The molecule has 0 saturated heterocycles. The highest BCUT2D eigenvalue weighted by molar-refractivity contribution is 6.08. The van der Waals surface area contributed by atoms with Crippen molar-refractivity contribution >= 4 is 17.8 Å². The van der Waals surface area contributed by atoms with Crippen LogP contribution in [0.15, 0.2) is 23.3 Å². The summed E-state index contributed by atoms with van der Waals surface area (Å²) in [5.41, 5.74) is 1.64. The number of rotatable bonds is 2. The summed E-state index contributed by atoms with van der Waals surface area (Å²) in [4.78, 5) is 22.3. The van der Waals surface area contributed by atoms with Crippen LogP contribution in [0.2, 0.25) is 0 Å². The molecule has 0 aliphatic carbocycles. The van der Waals surface area contributed by atoms with Crippen molar-refractivity contribution in [1.82, 2.24) is 10.6 Å². The molecule has 0 heterocycles. The molecule has 0 aliphatic rings. The highest BCUT2D eigenvalue weighted by Crippen LogP contribution is 1.88. The second-order valence-electron chi connectivity index (χ2n) is 3.80. The maximum absolute atomic E-state index is 11.2. The Morgan fingerprint density at radius 2 is 1.19 bits per heavy atom. The molecule has 3 N–H and O–H groups in total. The van der Waals surface area contributed by atoms with Gasteiger partial charge in [0.05, 0.1) is 0 Å². The first-order chi connectivity index (χ1) is 7.31. The number of guanidine groups is 1. The molecular formula is C11H17N3O2. The van der Waals surface area contributed by atoms with Crippen molar-refractivity contribution in [3.8, 4) is 0 Å². The van der Waals surface area contributed by atoms with Gasteiger partial charge in [-0.15, -0.1) is 0 Å². The zero-order valence-electron chi connectivity index (χ0n) is 9.97. The summed E-state index contributed by atoms with van der Waals surface area (Å²) in [6, 6.07) is 0. The van der Waals surface area contributed by atoms with Crippen LogP contribution in [0.25, 0.3) is 0 Å². The lowest BCUT2D eigenvalue weighted by atomic mass is 10.3. The predicted octanol–water partition coefficient (Wildman–Crippen LogP) is 1.09. The fourth-order valence-electron chi connectivity index (χ4n) is 0.874. The smallest absolute Gasteiger partial charge is 0.250 e.